The zero-order valence-corrected chi connectivity index (χ0v) is 23.3. The van der Waals surface area contributed by atoms with Gasteiger partial charge in [0.15, 0.2) is 0 Å². The van der Waals surface area contributed by atoms with Crippen molar-refractivity contribution >= 4 is 32.6 Å². The summed E-state index contributed by atoms with van der Waals surface area (Å²) in [4.78, 5) is 5.03. The van der Waals surface area contributed by atoms with Gasteiger partial charge < -0.3 is 0 Å². The van der Waals surface area contributed by atoms with Crippen LogP contribution in [0.1, 0.15) is 5.56 Å². The minimum atomic E-state index is 0.947. The van der Waals surface area contributed by atoms with E-state index in [0.717, 1.165) is 28.1 Å². The maximum atomic E-state index is 5.03. The molecule has 1 heterocycles. The molecule has 42 heavy (non-hydrogen) atoms. The average Bonchev–Trinajstić information content (AvgIpc) is 3.44. The van der Waals surface area contributed by atoms with E-state index in [1.807, 2.05) is 12.1 Å². The Morgan fingerprint density at radius 3 is 1.67 bits per heavy atom. The standard InChI is InChI=1S/C40H28N2/c1-27-13-5-6-16-31(27)39-34-19-9-7-17-32(34)38(33-18-8-10-20-35(33)39)28-23-25-30(26-24-28)42-37-22-12-11-21-36(37)41-40(42)29-14-3-2-4-15-29/h2-26H,1H3. The lowest BCUT2D eigenvalue weighted by Gasteiger charge is -2.19. The highest BCUT2D eigenvalue weighted by Crippen LogP contribution is 2.44. The molecule has 8 rings (SSSR count). The fourth-order valence-electron chi connectivity index (χ4n) is 6.43. The average molecular weight is 537 g/mol. The number of aromatic nitrogens is 2. The fraction of sp³-hybridized carbons (Fsp3) is 0.0250. The lowest BCUT2D eigenvalue weighted by molar-refractivity contribution is 1.10. The number of para-hydroxylation sites is 2. The van der Waals surface area contributed by atoms with Crippen LogP contribution >= 0.6 is 0 Å². The van der Waals surface area contributed by atoms with Crippen molar-refractivity contribution in [1.82, 2.24) is 9.55 Å². The Bertz CT molecular complexity index is 2180. The second-order valence-corrected chi connectivity index (χ2v) is 10.8. The summed E-state index contributed by atoms with van der Waals surface area (Å²) in [5.74, 6) is 0.947. The fourth-order valence-corrected chi connectivity index (χ4v) is 6.43. The summed E-state index contributed by atoms with van der Waals surface area (Å²) in [6.07, 6.45) is 0. The molecule has 0 amide bonds. The molecule has 198 valence electrons. The molecule has 0 saturated carbocycles. The van der Waals surface area contributed by atoms with Gasteiger partial charge in [-0.2, -0.15) is 0 Å². The number of imidazole rings is 1. The van der Waals surface area contributed by atoms with Crippen molar-refractivity contribution in [2.75, 3.05) is 0 Å². The van der Waals surface area contributed by atoms with Gasteiger partial charge in [-0.05, 0) is 80.6 Å². The predicted octanol–water partition coefficient (Wildman–Crippen LogP) is 10.6. The van der Waals surface area contributed by atoms with Crippen LogP contribution in [0.5, 0.6) is 0 Å². The van der Waals surface area contributed by atoms with Crippen molar-refractivity contribution in [3.05, 3.63) is 157 Å². The summed E-state index contributed by atoms with van der Waals surface area (Å²) in [5, 5.41) is 5.08. The number of benzene rings is 7. The van der Waals surface area contributed by atoms with E-state index in [1.165, 1.54) is 49.4 Å². The molecular formula is C40H28N2. The molecular weight excluding hydrogens is 508 g/mol. The van der Waals surface area contributed by atoms with Gasteiger partial charge in [0.25, 0.3) is 0 Å². The summed E-state index contributed by atoms with van der Waals surface area (Å²) in [6.45, 7) is 2.20. The van der Waals surface area contributed by atoms with E-state index in [-0.39, 0.29) is 0 Å². The lowest BCUT2D eigenvalue weighted by Crippen LogP contribution is -1.98. The van der Waals surface area contributed by atoms with Crippen LogP contribution in [0.15, 0.2) is 152 Å². The van der Waals surface area contributed by atoms with E-state index in [2.05, 4.69) is 151 Å². The molecule has 0 aliphatic carbocycles. The first-order chi connectivity index (χ1) is 20.8. The van der Waals surface area contributed by atoms with Gasteiger partial charge in [-0.25, -0.2) is 4.98 Å². The van der Waals surface area contributed by atoms with Gasteiger partial charge in [0.05, 0.1) is 11.0 Å². The van der Waals surface area contributed by atoms with E-state index < -0.39 is 0 Å². The third-order valence-electron chi connectivity index (χ3n) is 8.35. The molecule has 0 atom stereocenters. The highest BCUT2D eigenvalue weighted by molar-refractivity contribution is 6.21. The summed E-state index contributed by atoms with van der Waals surface area (Å²) in [6, 6.07) is 54.2. The first kappa shape index (κ1) is 24.3. The van der Waals surface area contributed by atoms with Gasteiger partial charge in [-0.15, -0.1) is 0 Å². The van der Waals surface area contributed by atoms with Gasteiger partial charge in [0, 0.05) is 11.3 Å². The van der Waals surface area contributed by atoms with Crippen LogP contribution in [0.3, 0.4) is 0 Å². The van der Waals surface area contributed by atoms with Crippen LogP contribution in [0, 0.1) is 6.92 Å². The first-order valence-corrected chi connectivity index (χ1v) is 14.4. The smallest absolute Gasteiger partial charge is 0.145 e. The van der Waals surface area contributed by atoms with Gasteiger partial charge in [-0.1, -0.05) is 127 Å². The third kappa shape index (κ3) is 3.84. The SMILES string of the molecule is Cc1ccccc1-c1c2ccccc2c(-c2ccc(-n3c(-c4ccccc4)nc4ccccc43)cc2)c2ccccc12. The van der Waals surface area contributed by atoms with Crippen molar-refractivity contribution in [2.45, 2.75) is 6.92 Å². The number of hydrogen-bond donors (Lipinski definition) is 0. The van der Waals surface area contributed by atoms with Gasteiger partial charge in [-0.3, -0.25) is 4.57 Å². The minimum Gasteiger partial charge on any atom is -0.292 e. The Morgan fingerprint density at radius 1 is 0.452 bits per heavy atom. The van der Waals surface area contributed by atoms with Crippen LogP contribution in [-0.2, 0) is 0 Å². The van der Waals surface area contributed by atoms with Gasteiger partial charge in [0.1, 0.15) is 5.82 Å². The maximum absolute atomic E-state index is 5.03. The summed E-state index contributed by atoms with van der Waals surface area (Å²) in [7, 11) is 0. The van der Waals surface area contributed by atoms with Crippen molar-refractivity contribution < 1.29 is 0 Å². The van der Waals surface area contributed by atoms with E-state index in [4.69, 9.17) is 4.98 Å². The van der Waals surface area contributed by atoms with Gasteiger partial charge >= 0.3 is 0 Å². The van der Waals surface area contributed by atoms with E-state index in [0.29, 0.717) is 0 Å². The van der Waals surface area contributed by atoms with Crippen LogP contribution in [0.2, 0.25) is 0 Å². The number of nitrogens with zero attached hydrogens (tertiary/aromatic N) is 2. The third-order valence-corrected chi connectivity index (χ3v) is 8.35. The van der Waals surface area contributed by atoms with E-state index in [9.17, 15) is 0 Å². The molecule has 1 aromatic heterocycles. The Labute approximate surface area is 245 Å². The number of aryl methyl sites for hydroxylation is 1. The van der Waals surface area contributed by atoms with Crippen LogP contribution in [-0.4, -0.2) is 9.55 Å². The van der Waals surface area contributed by atoms with Crippen LogP contribution in [0.25, 0.3) is 71.9 Å². The van der Waals surface area contributed by atoms with Crippen molar-refractivity contribution in [2.24, 2.45) is 0 Å². The predicted molar refractivity (Wildman–Crippen MR) is 177 cm³/mol. The zero-order valence-electron chi connectivity index (χ0n) is 23.3. The second kappa shape index (κ2) is 9.87. The molecule has 0 bridgehead atoms. The molecule has 0 radical (unpaired) electrons. The Balaban J connectivity index is 1.36. The molecule has 0 N–H and O–H groups in total. The quantitative estimate of drug-likeness (QED) is 0.205. The van der Waals surface area contributed by atoms with E-state index >= 15 is 0 Å². The first-order valence-electron chi connectivity index (χ1n) is 14.4. The highest BCUT2D eigenvalue weighted by Gasteiger charge is 2.18. The maximum Gasteiger partial charge on any atom is 0.145 e. The monoisotopic (exact) mass is 536 g/mol. The highest BCUT2D eigenvalue weighted by atomic mass is 15.1. The molecule has 7 aromatic carbocycles. The van der Waals surface area contributed by atoms with E-state index in [1.54, 1.807) is 0 Å². The van der Waals surface area contributed by atoms with Gasteiger partial charge in [0.2, 0.25) is 0 Å². The van der Waals surface area contributed by atoms with Crippen LogP contribution in [0.4, 0.5) is 0 Å². The second-order valence-electron chi connectivity index (χ2n) is 10.8. The molecule has 2 heteroatoms. The Kier molecular flexibility index (Phi) is 5.72. The minimum absolute atomic E-state index is 0.947. The molecule has 0 fully saturated rings. The molecule has 0 unspecified atom stereocenters. The Morgan fingerprint density at radius 2 is 1.00 bits per heavy atom. The number of rotatable bonds is 4. The van der Waals surface area contributed by atoms with Crippen molar-refractivity contribution in [3.8, 4) is 39.3 Å². The normalized spacial score (nSPS) is 11.5. The summed E-state index contributed by atoms with van der Waals surface area (Å²) >= 11 is 0. The largest absolute Gasteiger partial charge is 0.292 e. The molecule has 8 aromatic rings. The summed E-state index contributed by atoms with van der Waals surface area (Å²) < 4.78 is 2.27. The van der Waals surface area contributed by atoms with Crippen molar-refractivity contribution in [1.29, 1.82) is 0 Å². The topological polar surface area (TPSA) is 17.8 Å². The van der Waals surface area contributed by atoms with Crippen molar-refractivity contribution in [3.63, 3.8) is 0 Å². The molecule has 0 spiro atoms. The molecule has 2 nitrogen and oxygen atoms in total. The zero-order chi connectivity index (χ0) is 28.0. The molecule has 0 aliphatic heterocycles. The number of fused-ring (bicyclic) bond motifs is 3. The number of hydrogen-bond acceptors (Lipinski definition) is 1. The Hall–Kier alpha value is -5.47. The molecule has 0 aliphatic rings. The van der Waals surface area contributed by atoms with Crippen LogP contribution < -0.4 is 0 Å². The lowest BCUT2D eigenvalue weighted by atomic mass is 9.85. The summed E-state index contributed by atoms with van der Waals surface area (Å²) in [5.41, 5.74) is 10.6. The molecule has 0 saturated heterocycles.